The molecule has 0 aliphatic carbocycles. The smallest absolute Gasteiger partial charge is 0.310 e. The van der Waals surface area contributed by atoms with E-state index in [2.05, 4.69) is 9.80 Å². The lowest BCUT2D eigenvalue weighted by Crippen LogP contribution is -2.60. The molecular weight excluding hydrogens is 262 g/mol. The van der Waals surface area contributed by atoms with Crippen LogP contribution in [0.1, 0.15) is 27.7 Å². The van der Waals surface area contributed by atoms with E-state index in [-0.39, 0.29) is 5.54 Å². The van der Waals surface area contributed by atoms with Gasteiger partial charge in [0.05, 0.1) is 15.9 Å². The molecule has 0 aromatic rings. The quantitative estimate of drug-likeness (QED) is 0.728. The molecule has 3 N–H and O–H groups in total. The zero-order valence-electron chi connectivity index (χ0n) is 12.3. The van der Waals surface area contributed by atoms with Crippen molar-refractivity contribution in [1.29, 1.82) is 0 Å². The summed E-state index contributed by atoms with van der Waals surface area (Å²) in [7, 11) is 0. The standard InChI is InChI=1S/C13H25N3O2S/c1-12(2,11(17)18)9-15-5-7-16(8-6-15)13(3,4)10(14)19/h5-9H2,1-4H3,(H2,14,19)(H,17,18). The maximum atomic E-state index is 11.1. The molecule has 1 heterocycles. The van der Waals surface area contributed by atoms with Crippen LogP contribution >= 0.6 is 12.2 Å². The van der Waals surface area contributed by atoms with E-state index >= 15 is 0 Å². The molecule has 1 saturated heterocycles. The number of rotatable bonds is 5. The van der Waals surface area contributed by atoms with Gasteiger partial charge in [-0.25, -0.2) is 0 Å². The highest BCUT2D eigenvalue weighted by Crippen LogP contribution is 2.21. The van der Waals surface area contributed by atoms with Crippen molar-refractivity contribution in [2.24, 2.45) is 11.1 Å². The van der Waals surface area contributed by atoms with Crippen LogP contribution in [0.2, 0.25) is 0 Å². The Kier molecular flexibility index (Phi) is 4.92. The van der Waals surface area contributed by atoms with Crippen LogP contribution in [0.3, 0.4) is 0 Å². The second kappa shape index (κ2) is 5.73. The van der Waals surface area contributed by atoms with Gasteiger partial charge in [-0.05, 0) is 27.7 Å². The highest BCUT2D eigenvalue weighted by Gasteiger charge is 2.35. The fourth-order valence-corrected chi connectivity index (χ4v) is 2.38. The van der Waals surface area contributed by atoms with Crippen LogP contribution in [-0.4, -0.2) is 64.1 Å². The fraction of sp³-hybridized carbons (Fsp3) is 0.846. The average Bonchev–Trinajstić information content (AvgIpc) is 2.28. The first-order chi connectivity index (χ1) is 8.57. The molecule has 0 unspecified atom stereocenters. The molecule has 1 aliphatic rings. The van der Waals surface area contributed by atoms with Crippen molar-refractivity contribution in [2.45, 2.75) is 33.2 Å². The second-order valence-corrected chi connectivity index (χ2v) is 6.82. The summed E-state index contributed by atoms with van der Waals surface area (Å²) in [5, 5.41) is 9.16. The molecule has 5 nitrogen and oxygen atoms in total. The Morgan fingerprint density at radius 2 is 1.68 bits per heavy atom. The van der Waals surface area contributed by atoms with Crippen LogP contribution in [0, 0.1) is 5.41 Å². The lowest BCUT2D eigenvalue weighted by molar-refractivity contribution is -0.148. The molecule has 110 valence electrons. The van der Waals surface area contributed by atoms with Crippen LogP contribution in [0.15, 0.2) is 0 Å². The van der Waals surface area contributed by atoms with Crippen LogP contribution in [0.4, 0.5) is 0 Å². The topological polar surface area (TPSA) is 69.8 Å². The predicted octanol–water partition coefficient (Wildman–Crippen LogP) is 0.780. The minimum atomic E-state index is -0.751. The zero-order valence-corrected chi connectivity index (χ0v) is 13.1. The number of hydrogen-bond acceptors (Lipinski definition) is 4. The van der Waals surface area contributed by atoms with Crippen molar-refractivity contribution < 1.29 is 9.90 Å². The van der Waals surface area contributed by atoms with Crippen LogP contribution in [-0.2, 0) is 4.79 Å². The predicted molar refractivity (Wildman–Crippen MR) is 80.3 cm³/mol. The normalized spacial score (nSPS) is 19.4. The molecular formula is C13H25N3O2S. The molecule has 1 fully saturated rings. The summed E-state index contributed by atoms with van der Waals surface area (Å²) >= 11 is 5.11. The number of nitrogens with two attached hydrogens (primary N) is 1. The van der Waals surface area contributed by atoms with Crippen LogP contribution in [0.25, 0.3) is 0 Å². The Morgan fingerprint density at radius 3 is 2.05 bits per heavy atom. The fourth-order valence-electron chi connectivity index (χ4n) is 2.25. The largest absolute Gasteiger partial charge is 0.481 e. The van der Waals surface area contributed by atoms with Gasteiger partial charge in [0.2, 0.25) is 0 Å². The third-order valence-corrected chi connectivity index (χ3v) is 4.46. The van der Waals surface area contributed by atoms with E-state index in [0.29, 0.717) is 11.5 Å². The van der Waals surface area contributed by atoms with Crippen molar-refractivity contribution in [3.63, 3.8) is 0 Å². The van der Waals surface area contributed by atoms with Crippen LogP contribution in [0.5, 0.6) is 0 Å². The first-order valence-corrected chi connectivity index (χ1v) is 6.99. The molecule has 0 radical (unpaired) electrons. The van der Waals surface area contributed by atoms with Gasteiger partial charge in [0, 0.05) is 32.7 Å². The minimum Gasteiger partial charge on any atom is -0.481 e. The van der Waals surface area contributed by atoms with Crippen molar-refractivity contribution in [3.05, 3.63) is 0 Å². The number of thiocarbonyl (C=S) groups is 1. The van der Waals surface area contributed by atoms with Crippen LogP contribution < -0.4 is 5.73 Å². The Bertz CT molecular complexity index is 361. The molecule has 1 aliphatic heterocycles. The summed E-state index contributed by atoms with van der Waals surface area (Å²) in [6.07, 6.45) is 0. The second-order valence-electron chi connectivity index (χ2n) is 6.38. The molecule has 0 aromatic heterocycles. The maximum absolute atomic E-state index is 11.1. The van der Waals surface area contributed by atoms with Crippen molar-refractivity contribution in [1.82, 2.24) is 9.80 Å². The Hall–Kier alpha value is -0.720. The number of nitrogens with zero attached hydrogens (tertiary/aromatic N) is 2. The molecule has 0 saturated carbocycles. The van der Waals surface area contributed by atoms with E-state index in [1.54, 1.807) is 13.8 Å². The van der Waals surface area contributed by atoms with Gasteiger partial charge in [-0.2, -0.15) is 0 Å². The van der Waals surface area contributed by atoms with E-state index in [4.69, 9.17) is 23.1 Å². The highest BCUT2D eigenvalue weighted by atomic mass is 32.1. The van der Waals surface area contributed by atoms with Crippen molar-refractivity contribution >= 4 is 23.2 Å². The zero-order chi connectivity index (χ0) is 14.8. The van der Waals surface area contributed by atoms with E-state index in [0.717, 1.165) is 26.2 Å². The first kappa shape index (κ1) is 16.3. The van der Waals surface area contributed by atoms with Gasteiger partial charge in [-0.15, -0.1) is 0 Å². The van der Waals surface area contributed by atoms with Crippen molar-refractivity contribution in [3.8, 4) is 0 Å². The van der Waals surface area contributed by atoms with Gasteiger partial charge in [0.1, 0.15) is 0 Å². The summed E-state index contributed by atoms with van der Waals surface area (Å²) in [6.45, 7) is 11.6. The summed E-state index contributed by atoms with van der Waals surface area (Å²) in [4.78, 5) is 16.1. The highest BCUT2D eigenvalue weighted by molar-refractivity contribution is 7.80. The van der Waals surface area contributed by atoms with Crippen molar-refractivity contribution in [2.75, 3.05) is 32.7 Å². The molecule has 0 spiro atoms. The first-order valence-electron chi connectivity index (χ1n) is 6.58. The average molecular weight is 287 g/mol. The van der Waals surface area contributed by atoms with Gasteiger partial charge < -0.3 is 10.8 Å². The van der Waals surface area contributed by atoms with E-state index in [1.807, 2.05) is 13.8 Å². The molecule has 6 heteroatoms. The van der Waals surface area contributed by atoms with Gasteiger partial charge in [0.25, 0.3) is 0 Å². The number of piperazine rings is 1. The number of carbonyl (C=O) groups is 1. The molecule has 0 bridgehead atoms. The molecule has 0 aromatic carbocycles. The third kappa shape index (κ3) is 3.87. The van der Waals surface area contributed by atoms with Gasteiger partial charge >= 0.3 is 5.97 Å². The van der Waals surface area contributed by atoms with Gasteiger partial charge in [0.15, 0.2) is 0 Å². The molecule has 0 amide bonds. The summed E-state index contributed by atoms with van der Waals surface area (Å²) in [6, 6.07) is 0. The summed E-state index contributed by atoms with van der Waals surface area (Å²) in [5.41, 5.74) is 4.79. The molecule has 0 atom stereocenters. The Morgan fingerprint density at radius 1 is 1.21 bits per heavy atom. The lowest BCUT2D eigenvalue weighted by atomic mass is 9.92. The van der Waals surface area contributed by atoms with E-state index in [9.17, 15) is 4.79 Å². The maximum Gasteiger partial charge on any atom is 0.310 e. The Balaban J connectivity index is 2.55. The lowest BCUT2D eigenvalue weighted by Gasteiger charge is -2.44. The summed E-state index contributed by atoms with van der Waals surface area (Å²) < 4.78 is 0. The third-order valence-electron chi connectivity index (χ3n) is 3.96. The Labute approximate surface area is 120 Å². The molecule has 1 rings (SSSR count). The van der Waals surface area contributed by atoms with Gasteiger partial charge in [-0.3, -0.25) is 14.6 Å². The number of carboxylic acids is 1. The summed E-state index contributed by atoms with van der Waals surface area (Å²) in [5.74, 6) is -0.751. The number of carboxylic acid groups (broad SMARTS) is 1. The SMILES string of the molecule is CC(C)(CN1CCN(C(C)(C)C(N)=S)CC1)C(=O)O. The number of aliphatic carboxylic acids is 1. The van der Waals surface area contributed by atoms with E-state index < -0.39 is 11.4 Å². The minimum absolute atomic E-state index is 0.274. The van der Waals surface area contributed by atoms with Gasteiger partial charge in [-0.1, -0.05) is 12.2 Å². The monoisotopic (exact) mass is 287 g/mol. The number of hydrogen-bond donors (Lipinski definition) is 2. The molecule has 19 heavy (non-hydrogen) atoms. The van der Waals surface area contributed by atoms with E-state index in [1.165, 1.54) is 0 Å².